The molecule has 1 amide bonds. The number of benzene rings is 1. The molecule has 0 radical (unpaired) electrons. The molecule has 0 spiro atoms. The lowest BCUT2D eigenvalue weighted by atomic mass is 10.1. The number of carbonyl (C=O) groups is 1. The third-order valence-corrected chi connectivity index (χ3v) is 7.40. The predicted molar refractivity (Wildman–Crippen MR) is 99.0 cm³/mol. The molecular weight excluding hydrogens is 370 g/mol. The minimum atomic E-state index is -3.44. The summed E-state index contributed by atoms with van der Waals surface area (Å²) in [6.07, 6.45) is 4.01. The highest BCUT2D eigenvalue weighted by Crippen LogP contribution is 2.33. The molecule has 9 heteroatoms. The number of ether oxygens (including phenoxy) is 2. The molecule has 1 aromatic carbocycles. The highest BCUT2D eigenvalue weighted by molar-refractivity contribution is 7.86. The van der Waals surface area contributed by atoms with Gasteiger partial charge in [-0.25, -0.2) is 0 Å². The lowest BCUT2D eigenvalue weighted by Crippen LogP contribution is -2.54. The van der Waals surface area contributed by atoms with Crippen LogP contribution in [-0.4, -0.2) is 73.9 Å². The lowest BCUT2D eigenvalue weighted by molar-refractivity contribution is 0.0693. The van der Waals surface area contributed by atoms with Crippen LogP contribution in [0.2, 0.25) is 0 Å². The molecule has 2 fully saturated rings. The standard InChI is InChI=1S/C18H25N3O5S/c22-18(15-5-6-16-17(13-15)26-14-25-16)19-9-11-21(12-10-19)27(23,24)20-7-3-1-2-4-8-20/h5-6,13H,1-4,7-12,14H2. The van der Waals surface area contributed by atoms with E-state index in [2.05, 4.69) is 0 Å². The van der Waals surface area contributed by atoms with Gasteiger partial charge in [-0.05, 0) is 31.0 Å². The van der Waals surface area contributed by atoms with Crippen molar-refractivity contribution in [2.75, 3.05) is 46.1 Å². The van der Waals surface area contributed by atoms with Gasteiger partial charge >= 0.3 is 0 Å². The lowest BCUT2D eigenvalue weighted by Gasteiger charge is -2.36. The van der Waals surface area contributed by atoms with Crippen LogP contribution >= 0.6 is 0 Å². The summed E-state index contributed by atoms with van der Waals surface area (Å²) in [6, 6.07) is 5.14. The Labute approximate surface area is 159 Å². The Morgan fingerprint density at radius 2 is 1.44 bits per heavy atom. The number of rotatable bonds is 3. The fraction of sp³-hybridized carbons (Fsp3) is 0.611. The Hall–Kier alpha value is -1.84. The summed E-state index contributed by atoms with van der Waals surface area (Å²) in [5.74, 6) is 1.10. The molecule has 0 unspecified atom stereocenters. The van der Waals surface area contributed by atoms with Crippen molar-refractivity contribution in [3.05, 3.63) is 23.8 Å². The number of nitrogens with zero attached hydrogens (tertiary/aromatic N) is 3. The summed E-state index contributed by atoms with van der Waals surface area (Å²) >= 11 is 0. The molecule has 27 heavy (non-hydrogen) atoms. The van der Waals surface area contributed by atoms with E-state index in [0.29, 0.717) is 56.3 Å². The second-order valence-corrected chi connectivity index (χ2v) is 9.01. The zero-order chi connectivity index (χ0) is 18.9. The Bertz CT molecular complexity index is 797. The molecule has 3 aliphatic heterocycles. The summed E-state index contributed by atoms with van der Waals surface area (Å²) < 4.78 is 39.5. The monoisotopic (exact) mass is 395 g/mol. The molecule has 0 saturated carbocycles. The number of carbonyl (C=O) groups excluding carboxylic acids is 1. The highest BCUT2D eigenvalue weighted by Gasteiger charge is 2.34. The van der Waals surface area contributed by atoms with E-state index in [0.717, 1.165) is 25.7 Å². The minimum Gasteiger partial charge on any atom is -0.454 e. The van der Waals surface area contributed by atoms with E-state index >= 15 is 0 Å². The zero-order valence-electron chi connectivity index (χ0n) is 15.3. The Morgan fingerprint density at radius 1 is 0.815 bits per heavy atom. The topological polar surface area (TPSA) is 79.4 Å². The van der Waals surface area contributed by atoms with Crippen LogP contribution in [0.3, 0.4) is 0 Å². The Kier molecular flexibility index (Phi) is 5.25. The average molecular weight is 395 g/mol. The predicted octanol–water partition coefficient (Wildman–Crippen LogP) is 1.29. The molecule has 148 valence electrons. The van der Waals surface area contributed by atoms with Crippen molar-refractivity contribution >= 4 is 16.1 Å². The van der Waals surface area contributed by atoms with E-state index in [9.17, 15) is 13.2 Å². The third-order valence-electron chi connectivity index (χ3n) is 5.36. The normalized spacial score (nSPS) is 21.9. The Balaban J connectivity index is 1.39. The summed E-state index contributed by atoms with van der Waals surface area (Å²) in [6.45, 7) is 2.79. The summed E-state index contributed by atoms with van der Waals surface area (Å²) in [4.78, 5) is 14.5. The van der Waals surface area contributed by atoms with Gasteiger partial charge < -0.3 is 14.4 Å². The molecular formula is C18H25N3O5S. The van der Waals surface area contributed by atoms with E-state index in [4.69, 9.17) is 9.47 Å². The molecule has 1 aromatic rings. The summed E-state index contributed by atoms with van der Waals surface area (Å²) in [5, 5.41) is 0. The molecule has 0 N–H and O–H groups in total. The summed E-state index contributed by atoms with van der Waals surface area (Å²) in [5.41, 5.74) is 0.531. The number of amides is 1. The van der Waals surface area contributed by atoms with E-state index in [1.165, 1.54) is 4.31 Å². The number of fused-ring (bicyclic) bond motifs is 1. The maximum atomic E-state index is 12.9. The van der Waals surface area contributed by atoms with Gasteiger partial charge in [0, 0.05) is 44.8 Å². The van der Waals surface area contributed by atoms with E-state index in [1.807, 2.05) is 0 Å². The van der Waals surface area contributed by atoms with Gasteiger partial charge in [-0.15, -0.1) is 0 Å². The fourth-order valence-corrected chi connectivity index (χ4v) is 5.44. The molecule has 0 atom stereocenters. The van der Waals surface area contributed by atoms with Gasteiger partial charge in [0.2, 0.25) is 6.79 Å². The van der Waals surface area contributed by atoms with Gasteiger partial charge in [0.1, 0.15) is 0 Å². The van der Waals surface area contributed by atoms with Gasteiger partial charge in [0.05, 0.1) is 0 Å². The smallest absolute Gasteiger partial charge is 0.282 e. The highest BCUT2D eigenvalue weighted by atomic mass is 32.2. The summed E-state index contributed by atoms with van der Waals surface area (Å²) in [7, 11) is -3.44. The molecule has 0 aliphatic carbocycles. The first-order valence-corrected chi connectivity index (χ1v) is 10.9. The first-order valence-electron chi connectivity index (χ1n) is 9.50. The zero-order valence-corrected chi connectivity index (χ0v) is 16.1. The van der Waals surface area contributed by atoms with Crippen LogP contribution in [-0.2, 0) is 10.2 Å². The van der Waals surface area contributed by atoms with Crippen molar-refractivity contribution < 1.29 is 22.7 Å². The van der Waals surface area contributed by atoms with Crippen LogP contribution in [0.25, 0.3) is 0 Å². The van der Waals surface area contributed by atoms with E-state index in [-0.39, 0.29) is 12.7 Å². The van der Waals surface area contributed by atoms with E-state index in [1.54, 1.807) is 27.4 Å². The van der Waals surface area contributed by atoms with Crippen molar-refractivity contribution in [1.29, 1.82) is 0 Å². The van der Waals surface area contributed by atoms with Crippen LogP contribution in [0, 0.1) is 0 Å². The van der Waals surface area contributed by atoms with Crippen molar-refractivity contribution in [2.45, 2.75) is 25.7 Å². The van der Waals surface area contributed by atoms with Crippen molar-refractivity contribution in [2.24, 2.45) is 0 Å². The maximum Gasteiger partial charge on any atom is 0.282 e. The first-order chi connectivity index (χ1) is 13.1. The van der Waals surface area contributed by atoms with Gasteiger partial charge in [-0.2, -0.15) is 17.0 Å². The number of hydrogen-bond acceptors (Lipinski definition) is 5. The molecule has 3 aliphatic rings. The third kappa shape index (κ3) is 3.76. The van der Waals surface area contributed by atoms with Crippen LogP contribution in [0.4, 0.5) is 0 Å². The second-order valence-electron chi connectivity index (χ2n) is 7.08. The van der Waals surface area contributed by atoms with Gasteiger partial charge in [0.15, 0.2) is 11.5 Å². The molecule has 0 bridgehead atoms. The quantitative estimate of drug-likeness (QED) is 0.771. The van der Waals surface area contributed by atoms with Crippen LogP contribution in [0.5, 0.6) is 11.5 Å². The Morgan fingerprint density at radius 3 is 2.15 bits per heavy atom. The van der Waals surface area contributed by atoms with Gasteiger partial charge in [-0.1, -0.05) is 12.8 Å². The molecule has 3 heterocycles. The average Bonchev–Trinajstić information content (AvgIpc) is 2.98. The molecule has 2 saturated heterocycles. The van der Waals surface area contributed by atoms with Crippen molar-refractivity contribution in [3.8, 4) is 11.5 Å². The SMILES string of the molecule is O=C(c1ccc2c(c1)OCO2)N1CCN(S(=O)(=O)N2CCCCCC2)CC1. The number of hydrogen-bond donors (Lipinski definition) is 0. The van der Waals surface area contributed by atoms with Crippen LogP contribution in [0.15, 0.2) is 18.2 Å². The number of piperazine rings is 1. The van der Waals surface area contributed by atoms with Crippen molar-refractivity contribution in [3.63, 3.8) is 0 Å². The molecule has 0 aromatic heterocycles. The second kappa shape index (κ2) is 7.65. The minimum absolute atomic E-state index is 0.111. The maximum absolute atomic E-state index is 12.9. The van der Waals surface area contributed by atoms with Crippen LogP contribution < -0.4 is 9.47 Å². The van der Waals surface area contributed by atoms with Crippen LogP contribution in [0.1, 0.15) is 36.0 Å². The van der Waals surface area contributed by atoms with Crippen molar-refractivity contribution in [1.82, 2.24) is 13.5 Å². The largest absolute Gasteiger partial charge is 0.454 e. The molecule has 4 rings (SSSR count). The first kappa shape index (κ1) is 18.5. The van der Waals surface area contributed by atoms with Gasteiger partial charge in [0.25, 0.3) is 16.1 Å². The van der Waals surface area contributed by atoms with E-state index < -0.39 is 10.2 Å². The fourth-order valence-electron chi connectivity index (χ4n) is 3.77. The van der Waals surface area contributed by atoms with Gasteiger partial charge in [-0.3, -0.25) is 4.79 Å². The molecule has 8 nitrogen and oxygen atoms in total.